The summed E-state index contributed by atoms with van der Waals surface area (Å²) in [6.45, 7) is 4.83. The van der Waals surface area contributed by atoms with Crippen LogP contribution in [0.4, 0.5) is 14.9 Å². The summed E-state index contributed by atoms with van der Waals surface area (Å²) in [4.78, 5) is 38.5. The van der Waals surface area contributed by atoms with E-state index in [0.29, 0.717) is 5.69 Å². The second kappa shape index (κ2) is 6.13. The van der Waals surface area contributed by atoms with Crippen molar-refractivity contribution in [3.63, 3.8) is 0 Å². The molecule has 6 nitrogen and oxygen atoms in total. The number of rotatable bonds is 4. The van der Waals surface area contributed by atoms with Crippen LogP contribution in [0.25, 0.3) is 0 Å². The van der Waals surface area contributed by atoms with Gasteiger partial charge in [0.2, 0.25) is 5.91 Å². The number of hydrogen-bond acceptors (Lipinski definition) is 3. The normalized spacial score (nSPS) is 18.3. The summed E-state index contributed by atoms with van der Waals surface area (Å²) >= 11 is 0. The molecule has 1 heterocycles. The van der Waals surface area contributed by atoms with Gasteiger partial charge in [0.25, 0.3) is 5.91 Å². The summed E-state index contributed by atoms with van der Waals surface area (Å²) < 4.78 is 13.0. The average molecular weight is 307 g/mol. The van der Waals surface area contributed by atoms with Crippen molar-refractivity contribution in [2.24, 2.45) is 0 Å². The van der Waals surface area contributed by atoms with Crippen molar-refractivity contribution in [2.45, 2.75) is 32.9 Å². The number of nitrogens with one attached hydrogen (secondary N) is 1. The van der Waals surface area contributed by atoms with Crippen LogP contribution in [0.5, 0.6) is 0 Å². The largest absolute Gasteiger partial charge is 0.352 e. The van der Waals surface area contributed by atoms with Gasteiger partial charge >= 0.3 is 6.03 Å². The van der Waals surface area contributed by atoms with Crippen LogP contribution in [0.2, 0.25) is 0 Å². The van der Waals surface area contributed by atoms with Gasteiger partial charge in [0.05, 0.1) is 0 Å². The molecule has 1 N–H and O–H groups in total. The van der Waals surface area contributed by atoms with Gasteiger partial charge in [0.15, 0.2) is 0 Å². The summed E-state index contributed by atoms with van der Waals surface area (Å²) in [5.41, 5.74) is 0.416. The molecule has 0 aromatic heterocycles. The Balaban J connectivity index is 2.18. The monoisotopic (exact) mass is 307 g/mol. The Bertz CT molecular complexity index is 601. The van der Waals surface area contributed by atoms with E-state index in [9.17, 15) is 18.8 Å². The minimum atomic E-state index is -0.732. The first-order valence-electron chi connectivity index (χ1n) is 7.00. The Labute approximate surface area is 127 Å². The molecule has 2 rings (SSSR count). The molecule has 7 heteroatoms. The Morgan fingerprint density at radius 2 is 1.86 bits per heavy atom. The molecule has 1 aliphatic heterocycles. The average Bonchev–Trinajstić information content (AvgIpc) is 2.63. The number of benzene rings is 1. The Kier molecular flexibility index (Phi) is 4.44. The van der Waals surface area contributed by atoms with Crippen LogP contribution in [0.3, 0.4) is 0 Å². The Morgan fingerprint density at radius 3 is 2.41 bits per heavy atom. The van der Waals surface area contributed by atoms with Gasteiger partial charge in [0.1, 0.15) is 18.4 Å². The smallest absolute Gasteiger partial charge is 0.332 e. The van der Waals surface area contributed by atoms with Crippen molar-refractivity contribution >= 4 is 23.5 Å². The van der Waals surface area contributed by atoms with Crippen LogP contribution < -0.4 is 10.2 Å². The minimum absolute atomic E-state index is 0.0778. The first kappa shape index (κ1) is 15.9. The number of nitrogens with zero attached hydrogens (tertiary/aromatic N) is 2. The minimum Gasteiger partial charge on any atom is -0.352 e. The Morgan fingerprint density at radius 1 is 1.27 bits per heavy atom. The summed E-state index contributed by atoms with van der Waals surface area (Å²) in [5, 5.41) is 2.63. The predicted molar refractivity (Wildman–Crippen MR) is 78.7 cm³/mol. The van der Waals surface area contributed by atoms with E-state index in [-0.39, 0.29) is 12.6 Å². The van der Waals surface area contributed by atoms with Gasteiger partial charge in [0, 0.05) is 11.7 Å². The lowest BCUT2D eigenvalue weighted by Gasteiger charge is -2.19. The number of halogens is 1. The van der Waals surface area contributed by atoms with Crippen molar-refractivity contribution in [1.29, 1.82) is 0 Å². The zero-order chi connectivity index (χ0) is 16.4. The lowest BCUT2D eigenvalue weighted by Crippen LogP contribution is -2.43. The zero-order valence-electron chi connectivity index (χ0n) is 12.7. The van der Waals surface area contributed by atoms with Gasteiger partial charge in [-0.05, 0) is 45.0 Å². The molecular weight excluding hydrogens is 289 g/mol. The standard InChI is InChI=1S/C15H18FN3O3/c1-9(2)17-13(20)8-18-14(21)10(3)19(15(18)22)12-6-4-11(16)5-7-12/h4-7,9-10H,8H2,1-3H3,(H,17,20)/t10-/m0/s1. The second-order valence-corrected chi connectivity index (χ2v) is 5.45. The van der Waals surface area contributed by atoms with Crippen LogP contribution in [-0.4, -0.2) is 41.4 Å². The van der Waals surface area contributed by atoms with E-state index >= 15 is 0 Å². The molecule has 0 spiro atoms. The third-order valence-corrected chi connectivity index (χ3v) is 3.30. The summed E-state index contributed by atoms with van der Waals surface area (Å²) in [6.07, 6.45) is 0. The van der Waals surface area contributed by atoms with Gasteiger partial charge in [-0.1, -0.05) is 0 Å². The molecule has 4 amide bonds. The van der Waals surface area contributed by atoms with Gasteiger partial charge in [-0.3, -0.25) is 19.4 Å². The third-order valence-electron chi connectivity index (χ3n) is 3.30. The second-order valence-electron chi connectivity index (χ2n) is 5.45. The number of urea groups is 1. The quantitative estimate of drug-likeness (QED) is 0.857. The molecule has 1 aromatic carbocycles. The molecule has 0 aliphatic carbocycles. The number of carbonyl (C=O) groups excluding carboxylic acids is 3. The molecule has 0 unspecified atom stereocenters. The number of hydrogen-bond donors (Lipinski definition) is 1. The lowest BCUT2D eigenvalue weighted by atomic mass is 10.2. The van der Waals surface area contributed by atoms with Crippen LogP contribution in [-0.2, 0) is 9.59 Å². The highest BCUT2D eigenvalue weighted by atomic mass is 19.1. The van der Waals surface area contributed by atoms with Gasteiger partial charge < -0.3 is 5.32 Å². The molecule has 1 aliphatic rings. The Hall–Kier alpha value is -2.44. The number of carbonyl (C=O) groups is 3. The number of anilines is 1. The third kappa shape index (κ3) is 3.08. The predicted octanol–water partition coefficient (Wildman–Crippen LogP) is 1.51. The van der Waals surface area contributed by atoms with Gasteiger partial charge in [-0.15, -0.1) is 0 Å². The molecule has 118 valence electrons. The molecule has 0 saturated carbocycles. The molecule has 22 heavy (non-hydrogen) atoms. The highest BCUT2D eigenvalue weighted by Crippen LogP contribution is 2.25. The summed E-state index contributed by atoms with van der Waals surface area (Å²) in [5.74, 6) is -1.28. The number of imide groups is 1. The molecular formula is C15H18FN3O3. The summed E-state index contributed by atoms with van der Waals surface area (Å²) in [7, 11) is 0. The SMILES string of the molecule is CC(C)NC(=O)CN1C(=O)[C@H](C)N(c2ccc(F)cc2)C1=O. The van der Waals surface area contributed by atoms with E-state index in [0.717, 1.165) is 4.90 Å². The molecule has 1 saturated heterocycles. The van der Waals surface area contributed by atoms with E-state index in [1.165, 1.54) is 29.2 Å². The van der Waals surface area contributed by atoms with E-state index in [2.05, 4.69) is 5.32 Å². The van der Waals surface area contributed by atoms with Crippen LogP contribution in [0, 0.1) is 5.82 Å². The van der Waals surface area contributed by atoms with E-state index in [4.69, 9.17) is 0 Å². The van der Waals surface area contributed by atoms with E-state index < -0.39 is 29.7 Å². The van der Waals surface area contributed by atoms with Gasteiger partial charge in [-0.25, -0.2) is 9.18 Å². The van der Waals surface area contributed by atoms with Crippen LogP contribution >= 0.6 is 0 Å². The fraction of sp³-hybridized carbons (Fsp3) is 0.400. The fourth-order valence-corrected chi connectivity index (χ4v) is 2.32. The van der Waals surface area contributed by atoms with Gasteiger partial charge in [-0.2, -0.15) is 0 Å². The highest BCUT2D eigenvalue weighted by Gasteiger charge is 2.44. The topological polar surface area (TPSA) is 69.7 Å². The maximum Gasteiger partial charge on any atom is 0.332 e. The highest BCUT2D eigenvalue weighted by molar-refractivity contribution is 6.15. The van der Waals surface area contributed by atoms with Crippen molar-refractivity contribution in [1.82, 2.24) is 10.2 Å². The molecule has 1 fully saturated rings. The summed E-state index contributed by atoms with van der Waals surface area (Å²) in [6, 6.07) is 3.89. The van der Waals surface area contributed by atoms with Crippen molar-refractivity contribution in [3.05, 3.63) is 30.1 Å². The number of amides is 4. The van der Waals surface area contributed by atoms with Crippen molar-refractivity contribution in [2.75, 3.05) is 11.4 Å². The van der Waals surface area contributed by atoms with Crippen molar-refractivity contribution in [3.8, 4) is 0 Å². The van der Waals surface area contributed by atoms with E-state index in [1.807, 2.05) is 0 Å². The van der Waals surface area contributed by atoms with Crippen LogP contribution in [0.1, 0.15) is 20.8 Å². The fourth-order valence-electron chi connectivity index (χ4n) is 2.32. The maximum absolute atomic E-state index is 13.0. The van der Waals surface area contributed by atoms with Crippen molar-refractivity contribution < 1.29 is 18.8 Å². The van der Waals surface area contributed by atoms with E-state index in [1.54, 1.807) is 20.8 Å². The molecule has 0 radical (unpaired) electrons. The van der Waals surface area contributed by atoms with Crippen LogP contribution in [0.15, 0.2) is 24.3 Å². The zero-order valence-corrected chi connectivity index (χ0v) is 12.7. The molecule has 0 bridgehead atoms. The molecule has 1 aromatic rings. The lowest BCUT2D eigenvalue weighted by molar-refractivity contribution is -0.132. The maximum atomic E-state index is 13.0. The molecule has 1 atom stereocenters. The first-order valence-corrected chi connectivity index (χ1v) is 7.00. The first-order chi connectivity index (χ1) is 10.3.